The van der Waals surface area contributed by atoms with Crippen molar-refractivity contribution in [3.8, 4) is 5.75 Å². The average molecular weight is 248 g/mol. The van der Waals surface area contributed by atoms with Gasteiger partial charge in [-0.05, 0) is 30.7 Å². The van der Waals surface area contributed by atoms with Crippen LogP contribution in [0, 0.1) is 5.41 Å². The van der Waals surface area contributed by atoms with Gasteiger partial charge in [-0.1, -0.05) is 20.8 Å². The summed E-state index contributed by atoms with van der Waals surface area (Å²) in [5, 5.41) is 3.50. The molecular weight excluding hydrogens is 224 g/mol. The molecule has 1 heterocycles. The average Bonchev–Trinajstić information content (AvgIpc) is 3.10. The highest BCUT2D eigenvalue weighted by atomic mass is 16.5. The van der Waals surface area contributed by atoms with Crippen LogP contribution in [0.15, 0.2) is 18.5 Å². The molecule has 2 rings (SSSR count). The van der Waals surface area contributed by atoms with E-state index in [4.69, 9.17) is 4.74 Å². The highest BCUT2D eigenvalue weighted by Gasteiger charge is 2.20. The Balaban J connectivity index is 1.85. The number of pyridine rings is 1. The van der Waals surface area contributed by atoms with Gasteiger partial charge in [-0.2, -0.15) is 0 Å². The Kier molecular flexibility index (Phi) is 4.23. The van der Waals surface area contributed by atoms with Crippen molar-refractivity contribution in [3.05, 3.63) is 24.0 Å². The first kappa shape index (κ1) is 13.3. The molecule has 1 saturated carbocycles. The summed E-state index contributed by atoms with van der Waals surface area (Å²) in [5.74, 6) is 0.974. The minimum absolute atomic E-state index is 0.319. The fourth-order valence-corrected chi connectivity index (χ4v) is 1.70. The Bertz CT molecular complexity index is 380. The smallest absolute Gasteiger partial charge is 0.126 e. The summed E-state index contributed by atoms with van der Waals surface area (Å²) in [6.45, 7) is 8.34. The monoisotopic (exact) mass is 248 g/mol. The van der Waals surface area contributed by atoms with Crippen LogP contribution in [-0.4, -0.2) is 17.6 Å². The number of ether oxygens (including phenoxy) is 1. The summed E-state index contributed by atoms with van der Waals surface area (Å²) in [6, 6.07) is 2.68. The number of hydrogen-bond donors (Lipinski definition) is 1. The second-order valence-corrected chi connectivity index (χ2v) is 6.30. The first-order chi connectivity index (χ1) is 8.54. The molecule has 1 N–H and O–H groups in total. The minimum atomic E-state index is 0.319. The van der Waals surface area contributed by atoms with Gasteiger partial charge in [-0.15, -0.1) is 0 Å². The van der Waals surface area contributed by atoms with Crippen LogP contribution in [0.2, 0.25) is 0 Å². The molecule has 18 heavy (non-hydrogen) atoms. The topological polar surface area (TPSA) is 34.1 Å². The third kappa shape index (κ3) is 4.65. The minimum Gasteiger partial charge on any atom is -0.493 e. The van der Waals surface area contributed by atoms with Gasteiger partial charge in [0.25, 0.3) is 0 Å². The zero-order valence-corrected chi connectivity index (χ0v) is 11.7. The molecule has 0 spiro atoms. The molecule has 0 amide bonds. The molecule has 1 aliphatic rings. The molecule has 0 radical (unpaired) electrons. The van der Waals surface area contributed by atoms with E-state index >= 15 is 0 Å². The molecule has 0 atom stereocenters. The Morgan fingerprint density at radius 2 is 2.17 bits per heavy atom. The zero-order chi connectivity index (χ0) is 13.0. The van der Waals surface area contributed by atoms with E-state index in [2.05, 4.69) is 31.1 Å². The van der Waals surface area contributed by atoms with Crippen LogP contribution in [0.25, 0.3) is 0 Å². The highest BCUT2D eigenvalue weighted by molar-refractivity contribution is 5.30. The first-order valence-electron chi connectivity index (χ1n) is 6.84. The van der Waals surface area contributed by atoms with Gasteiger partial charge in [0.1, 0.15) is 5.75 Å². The van der Waals surface area contributed by atoms with E-state index in [1.807, 2.05) is 12.3 Å². The Morgan fingerprint density at radius 1 is 1.39 bits per heavy atom. The van der Waals surface area contributed by atoms with Crippen molar-refractivity contribution in [1.29, 1.82) is 0 Å². The number of nitrogens with zero attached hydrogens (tertiary/aromatic N) is 1. The number of hydrogen-bond acceptors (Lipinski definition) is 3. The summed E-state index contributed by atoms with van der Waals surface area (Å²) in [7, 11) is 0. The highest BCUT2D eigenvalue weighted by Crippen LogP contribution is 2.23. The van der Waals surface area contributed by atoms with Gasteiger partial charge in [0, 0.05) is 30.5 Å². The Labute approximate surface area is 110 Å². The predicted molar refractivity (Wildman–Crippen MR) is 73.7 cm³/mol. The van der Waals surface area contributed by atoms with Crippen LogP contribution in [-0.2, 0) is 6.54 Å². The lowest BCUT2D eigenvalue weighted by atomic mass is 9.93. The quantitative estimate of drug-likeness (QED) is 0.839. The van der Waals surface area contributed by atoms with Gasteiger partial charge in [-0.25, -0.2) is 0 Å². The van der Waals surface area contributed by atoms with E-state index in [-0.39, 0.29) is 0 Å². The van der Waals surface area contributed by atoms with E-state index in [1.165, 1.54) is 18.4 Å². The van der Waals surface area contributed by atoms with Crippen LogP contribution in [0.4, 0.5) is 0 Å². The van der Waals surface area contributed by atoms with Gasteiger partial charge in [-0.3, -0.25) is 4.98 Å². The summed E-state index contributed by atoms with van der Waals surface area (Å²) in [4.78, 5) is 4.18. The van der Waals surface area contributed by atoms with E-state index in [0.29, 0.717) is 11.5 Å². The molecule has 0 bridgehead atoms. The Morgan fingerprint density at radius 3 is 2.83 bits per heavy atom. The molecule has 100 valence electrons. The zero-order valence-electron chi connectivity index (χ0n) is 11.7. The van der Waals surface area contributed by atoms with E-state index < -0.39 is 0 Å². The van der Waals surface area contributed by atoms with Crippen molar-refractivity contribution in [2.24, 2.45) is 5.41 Å². The maximum Gasteiger partial charge on any atom is 0.126 e. The number of rotatable bonds is 6. The molecule has 0 aromatic carbocycles. The third-order valence-electron chi connectivity index (χ3n) is 3.13. The van der Waals surface area contributed by atoms with Gasteiger partial charge in [0.2, 0.25) is 0 Å². The molecule has 1 aromatic heterocycles. The van der Waals surface area contributed by atoms with Crippen molar-refractivity contribution < 1.29 is 4.74 Å². The van der Waals surface area contributed by atoms with Crippen LogP contribution in [0.1, 0.15) is 45.6 Å². The van der Waals surface area contributed by atoms with Gasteiger partial charge < -0.3 is 10.1 Å². The Hall–Kier alpha value is -1.09. The fraction of sp³-hybridized carbons (Fsp3) is 0.667. The standard InChI is InChI=1S/C15H24N2O/c1-15(2,3)7-9-18-14-6-8-16-10-12(14)11-17-13-4-5-13/h6,8,10,13,17H,4-5,7,9,11H2,1-3H3. The van der Waals surface area contributed by atoms with Crippen LogP contribution in [0.5, 0.6) is 5.75 Å². The van der Waals surface area contributed by atoms with Crippen LogP contribution < -0.4 is 10.1 Å². The lowest BCUT2D eigenvalue weighted by Gasteiger charge is -2.19. The lowest BCUT2D eigenvalue weighted by molar-refractivity contribution is 0.241. The third-order valence-corrected chi connectivity index (χ3v) is 3.13. The first-order valence-corrected chi connectivity index (χ1v) is 6.84. The maximum atomic E-state index is 5.89. The van der Waals surface area contributed by atoms with Crippen molar-refractivity contribution in [1.82, 2.24) is 10.3 Å². The van der Waals surface area contributed by atoms with Crippen molar-refractivity contribution in [3.63, 3.8) is 0 Å². The van der Waals surface area contributed by atoms with Crippen LogP contribution >= 0.6 is 0 Å². The van der Waals surface area contributed by atoms with E-state index in [1.54, 1.807) is 6.20 Å². The van der Waals surface area contributed by atoms with E-state index in [0.717, 1.165) is 25.3 Å². The molecule has 3 nitrogen and oxygen atoms in total. The van der Waals surface area contributed by atoms with Crippen molar-refractivity contribution in [2.45, 2.75) is 52.6 Å². The van der Waals surface area contributed by atoms with Gasteiger partial charge in [0.05, 0.1) is 6.61 Å². The molecule has 0 saturated heterocycles. The SMILES string of the molecule is CC(C)(C)CCOc1ccncc1CNC1CC1. The molecule has 0 aliphatic heterocycles. The van der Waals surface area contributed by atoms with Crippen LogP contribution in [0.3, 0.4) is 0 Å². The molecule has 1 aliphatic carbocycles. The van der Waals surface area contributed by atoms with Crippen molar-refractivity contribution >= 4 is 0 Å². The largest absolute Gasteiger partial charge is 0.493 e. The maximum absolute atomic E-state index is 5.89. The molecule has 1 fully saturated rings. The summed E-state index contributed by atoms with van der Waals surface area (Å²) in [5.41, 5.74) is 1.48. The van der Waals surface area contributed by atoms with Crippen molar-refractivity contribution in [2.75, 3.05) is 6.61 Å². The second-order valence-electron chi connectivity index (χ2n) is 6.30. The molecule has 1 aromatic rings. The number of nitrogens with one attached hydrogen (secondary N) is 1. The fourth-order valence-electron chi connectivity index (χ4n) is 1.70. The second kappa shape index (κ2) is 5.70. The van der Waals surface area contributed by atoms with E-state index in [9.17, 15) is 0 Å². The lowest BCUT2D eigenvalue weighted by Crippen LogP contribution is -2.17. The summed E-state index contributed by atoms with van der Waals surface area (Å²) in [6.07, 6.45) is 7.38. The summed E-state index contributed by atoms with van der Waals surface area (Å²) >= 11 is 0. The predicted octanol–water partition coefficient (Wildman–Crippen LogP) is 3.15. The normalized spacial score (nSPS) is 15.7. The summed E-state index contributed by atoms with van der Waals surface area (Å²) < 4.78 is 5.89. The number of aromatic nitrogens is 1. The van der Waals surface area contributed by atoms with Gasteiger partial charge >= 0.3 is 0 Å². The molecule has 3 heteroatoms. The molecular formula is C15H24N2O. The molecule has 0 unspecified atom stereocenters. The van der Waals surface area contributed by atoms with Gasteiger partial charge in [0.15, 0.2) is 0 Å².